The van der Waals surface area contributed by atoms with Crippen LogP contribution in [-0.2, 0) is 0 Å². The number of carbonyl (C=O) groups excluding carboxylic acids is 1. The van der Waals surface area contributed by atoms with Gasteiger partial charge in [0.25, 0.3) is 5.91 Å². The molecule has 0 atom stereocenters. The largest absolute Gasteiger partial charge is 0.435 e. The first kappa shape index (κ1) is 17.7. The van der Waals surface area contributed by atoms with Gasteiger partial charge in [0.2, 0.25) is 0 Å². The fourth-order valence-electron chi connectivity index (χ4n) is 2.82. The Balaban J connectivity index is 1.49. The van der Waals surface area contributed by atoms with Crippen molar-refractivity contribution in [2.24, 2.45) is 0 Å². The number of anilines is 1. The Morgan fingerprint density at radius 2 is 1.79 bits per heavy atom. The first-order valence-electron chi connectivity index (χ1n) is 8.50. The molecule has 7 heteroatoms. The van der Waals surface area contributed by atoms with Crippen molar-refractivity contribution < 1.29 is 18.3 Å². The molecule has 1 heterocycles. The van der Waals surface area contributed by atoms with Crippen LogP contribution in [-0.4, -0.2) is 22.5 Å². The summed E-state index contributed by atoms with van der Waals surface area (Å²) in [5.74, 6) is 0.245. The van der Waals surface area contributed by atoms with Crippen molar-refractivity contribution in [1.82, 2.24) is 9.97 Å². The fraction of sp³-hybridized carbons (Fsp3) is 0.0476. The predicted octanol–water partition coefficient (Wildman–Crippen LogP) is 5.08. The van der Waals surface area contributed by atoms with Crippen molar-refractivity contribution in [1.29, 1.82) is 0 Å². The van der Waals surface area contributed by atoms with Gasteiger partial charge in [-0.1, -0.05) is 18.2 Å². The zero-order valence-electron chi connectivity index (χ0n) is 14.5. The zero-order valence-corrected chi connectivity index (χ0v) is 14.5. The lowest BCUT2D eigenvalue weighted by molar-refractivity contribution is -0.0498. The number of ether oxygens (including phenoxy) is 1. The molecule has 4 aromatic rings. The molecule has 4 rings (SSSR count). The number of alkyl halides is 2. The van der Waals surface area contributed by atoms with Gasteiger partial charge in [-0.25, -0.2) is 4.98 Å². The molecule has 28 heavy (non-hydrogen) atoms. The van der Waals surface area contributed by atoms with Crippen LogP contribution < -0.4 is 10.1 Å². The second-order valence-electron chi connectivity index (χ2n) is 6.04. The van der Waals surface area contributed by atoms with Crippen LogP contribution >= 0.6 is 0 Å². The van der Waals surface area contributed by atoms with Crippen LogP contribution in [0.25, 0.3) is 22.4 Å². The second-order valence-corrected chi connectivity index (χ2v) is 6.04. The molecule has 0 aliphatic rings. The first-order chi connectivity index (χ1) is 13.6. The highest BCUT2D eigenvalue weighted by Gasteiger charge is 2.10. The van der Waals surface area contributed by atoms with Gasteiger partial charge in [-0.05, 0) is 54.6 Å². The van der Waals surface area contributed by atoms with Gasteiger partial charge in [-0.2, -0.15) is 8.78 Å². The molecule has 0 saturated heterocycles. The Labute approximate surface area is 159 Å². The molecular formula is C21H15F2N3O2. The maximum Gasteiger partial charge on any atom is 0.387 e. The number of hydrogen-bond acceptors (Lipinski definition) is 3. The van der Waals surface area contributed by atoms with E-state index in [4.69, 9.17) is 0 Å². The number of benzene rings is 3. The molecule has 0 fully saturated rings. The summed E-state index contributed by atoms with van der Waals surface area (Å²) < 4.78 is 29.0. The lowest BCUT2D eigenvalue weighted by atomic mass is 10.1. The van der Waals surface area contributed by atoms with Crippen molar-refractivity contribution >= 4 is 22.6 Å². The number of carbonyl (C=O) groups is 1. The Kier molecular flexibility index (Phi) is 4.72. The molecule has 5 nitrogen and oxygen atoms in total. The molecule has 0 radical (unpaired) electrons. The fourth-order valence-corrected chi connectivity index (χ4v) is 2.82. The number of nitrogens with zero attached hydrogens (tertiary/aromatic N) is 1. The van der Waals surface area contributed by atoms with Gasteiger partial charge >= 0.3 is 6.61 Å². The number of aromatic amines is 1. The number of imidazole rings is 1. The van der Waals surface area contributed by atoms with Crippen LogP contribution in [0.5, 0.6) is 5.75 Å². The highest BCUT2D eigenvalue weighted by atomic mass is 19.3. The molecule has 0 unspecified atom stereocenters. The minimum absolute atomic E-state index is 0.0668. The molecule has 0 spiro atoms. The van der Waals surface area contributed by atoms with Crippen LogP contribution in [0.15, 0.2) is 72.8 Å². The van der Waals surface area contributed by atoms with Crippen LogP contribution in [0.2, 0.25) is 0 Å². The second kappa shape index (κ2) is 7.48. The van der Waals surface area contributed by atoms with Gasteiger partial charge in [-0.3, -0.25) is 4.79 Å². The summed E-state index contributed by atoms with van der Waals surface area (Å²) in [6.45, 7) is -2.94. The number of rotatable bonds is 5. The van der Waals surface area contributed by atoms with Crippen LogP contribution in [0.4, 0.5) is 14.5 Å². The Morgan fingerprint density at radius 3 is 2.54 bits per heavy atom. The molecule has 1 aromatic heterocycles. The highest BCUT2D eigenvalue weighted by Crippen LogP contribution is 2.23. The van der Waals surface area contributed by atoms with E-state index in [9.17, 15) is 13.6 Å². The summed E-state index contributed by atoms with van der Waals surface area (Å²) in [5.41, 5.74) is 3.49. The average Bonchev–Trinajstić information content (AvgIpc) is 3.12. The maximum absolute atomic E-state index is 12.4. The molecule has 3 aromatic carbocycles. The van der Waals surface area contributed by atoms with Crippen molar-refractivity contribution in [2.75, 3.05) is 5.32 Å². The number of amides is 1. The zero-order chi connectivity index (χ0) is 19.5. The Bertz CT molecular complexity index is 1090. The topological polar surface area (TPSA) is 67.0 Å². The molecule has 0 bridgehead atoms. The van der Waals surface area contributed by atoms with Crippen molar-refractivity contribution in [3.8, 4) is 17.1 Å². The molecule has 2 N–H and O–H groups in total. The lowest BCUT2D eigenvalue weighted by Crippen LogP contribution is -2.12. The van der Waals surface area contributed by atoms with Gasteiger partial charge in [0, 0.05) is 16.8 Å². The van der Waals surface area contributed by atoms with Crippen molar-refractivity contribution in [3.63, 3.8) is 0 Å². The van der Waals surface area contributed by atoms with Crippen molar-refractivity contribution in [3.05, 3.63) is 78.4 Å². The van der Waals surface area contributed by atoms with Gasteiger partial charge < -0.3 is 15.0 Å². The molecule has 0 aliphatic carbocycles. The Hall–Kier alpha value is -3.74. The predicted molar refractivity (Wildman–Crippen MR) is 103 cm³/mol. The smallest absolute Gasteiger partial charge is 0.387 e. The van der Waals surface area contributed by atoms with E-state index >= 15 is 0 Å². The van der Waals surface area contributed by atoms with E-state index in [-0.39, 0.29) is 11.3 Å². The number of halogens is 2. The standard InChI is InChI=1S/C21H15F2N3O2/c22-21(23)28-16-5-3-4-14(12-16)20(27)24-15-10-8-13(9-11-15)19-25-17-6-1-2-7-18(17)26-19/h1-12,21H,(H,24,27)(H,25,26). The van der Waals surface area contributed by atoms with E-state index in [1.165, 1.54) is 24.3 Å². The van der Waals surface area contributed by atoms with E-state index in [0.717, 1.165) is 22.4 Å². The molecular weight excluding hydrogens is 364 g/mol. The Morgan fingerprint density at radius 1 is 1.00 bits per heavy atom. The maximum atomic E-state index is 12.4. The lowest BCUT2D eigenvalue weighted by Gasteiger charge is -2.08. The van der Waals surface area contributed by atoms with Gasteiger partial charge in [0.05, 0.1) is 11.0 Å². The van der Waals surface area contributed by atoms with E-state index in [1.54, 1.807) is 12.1 Å². The van der Waals surface area contributed by atoms with Gasteiger partial charge in [0.1, 0.15) is 11.6 Å². The number of hydrogen-bond donors (Lipinski definition) is 2. The number of H-pyrrole nitrogens is 1. The summed E-state index contributed by atoms with van der Waals surface area (Å²) in [5, 5.41) is 2.73. The van der Waals surface area contributed by atoms with Gasteiger partial charge in [0.15, 0.2) is 0 Å². The summed E-state index contributed by atoms with van der Waals surface area (Å²) in [6, 6.07) is 20.6. The molecule has 0 saturated carbocycles. The number of aromatic nitrogens is 2. The molecule has 0 aliphatic heterocycles. The molecule has 140 valence electrons. The normalized spacial score (nSPS) is 11.0. The van der Waals surface area contributed by atoms with E-state index in [2.05, 4.69) is 20.0 Å². The SMILES string of the molecule is O=C(Nc1ccc(-c2nc3ccccc3[nH]2)cc1)c1cccc(OC(F)F)c1. The van der Waals surface area contributed by atoms with Gasteiger partial charge in [-0.15, -0.1) is 0 Å². The average molecular weight is 379 g/mol. The third-order valence-corrected chi connectivity index (χ3v) is 4.13. The van der Waals surface area contributed by atoms with Crippen LogP contribution in [0, 0.1) is 0 Å². The first-order valence-corrected chi connectivity index (χ1v) is 8.50. The van der Waals surface area contributed by atoms with E-state index < -0.39 is 12.5 Å². The van der Waals surface area contributed by atoms with Crippen LogP contribution in [0.1, 0.15) is 10.4 Å². The monoisotopic (exact) mass is 379 g/mol. The summed E-state index contributed by atoms with van der Waals surface area (Å²) in [4.78, 5) is 20.1. The minimum atomic E-state index is -2.94. The number of nitrogens with one attached hydrogen (secondary N) is 2. The quantitative estimate of drug-likeness (QED) is 0.508. The summed E-state index contributed by atoms with van der Waals surface area (Å²) >= 11 is 0. The minimum Gasteiger partial charge on any atom is -0.435 e. The van der Waals surface area contributed by atoms with E-state index in [0.29, 0.717) is 5.69 Å². The van der Waals surface area contributed by atoms with E-state index in [1.807, 2.05) is 36.4 Å². The van der Waals surface area contributed by atoms with Crippen LogP contribution in [0.3, 0.4) is 0 Å². The third-order valence-electron chi connectivity index (χ3n) is 4.13. The number of fused-ring (bicyclic) bond motifs is 1. The third kappa shape index (κ3) is 3.83. The highest BCUT2D eigenvalue weighted by molar-refractivity contribution is 6.04. The molecule has 1 amide bonds. The van der Waals surface area contributed by atoms with Crippen molar-refractivity contribution in [2.45, 2.75) is 6.61 Å². The summed E-state index contributed by atoms with van der Waals surface area (Å²) in [7, 11) is 0. The summed E-state index contributed by atoms with van der Waals surface area (Å²) in [6.07, 6.45) is 0. The number of para-hydroxylation sites is 2.